The molecular weight excluding hydrogens is 510 g/mol. The number of nitrogens with one attached hydrogen (secondary N) is 1. The molecule has 2 aromatic heterocycles. The lowest BCUT2D eigenvalue weighted by atomic mass is 10.1. The molecule has 0 saturated carbocycles. The number of likely N-dealkylation sites (N-methyl/N-ethyl adjacent to an activating group) is 1. The van der Waals surface area contributed by atoms with Crippen molar-refractivity contribution in [1.29, 1.82) is 0 Å². The average Bonchev–Trinajstić information content (AvgIpc) is 2.95. The highest BCUT2D eigenvalue weighted by Gasteiger charge is 2.22. The Labute approximate surface area is 234 Å². The quantitative estimate of drug-likeness (QED) is 0.438. The molecule has 3 aromatic rings. The second kappa shape index (κ2) is 12.7. The fourth-order valence-corrected chi connectivity index (χ4v) is 4.40. The molecule has 40 heavy (non-hydrogen) atoms. The number of aliphatic hydroxyl groups excluding tert-OH is 1. The lowest BCUT2D eigenvalue weighted by Gasteiger charge is -2.36. The molecule has 0 atom stereocenters. The Bertz CT molecular complexity index is 1300. The van der Waals surface area contributed by atoms with Crippen LogP contribution in [0.2, 0.25) is 0 Å². The van der Waals surface area contributed by atoms with Crippen molar-refractivity contribution in [1.82, 2.24) is 25.2 Å². The van der Waals surface area contributed by atoms with Crippen LogP contribution in [-0.2, 0) is 22.7 Å². The molecule has 2 amide bonds. The van der Waals surface area contributed by atoms with E-state index in [1.165, 1.54) is 0 Å². The van der Waals surface area contributed by atoms with E-state index >= 15 is 0 Å². The van der Waals surface area contributed by atoms with Gasteiger partial charge in [0.2, 0.25) is 11.9 Å². The van der Waals surface area contributed by atoms with E-state index in [1.807, 2.05) is 48.8 Å². The van der Waals surface area contributed by atoms with Gasteiger partial charge in [0.05, 0.1) is 6.61 Å². The molecule has 1 fully saturated rings. The van der Waals surface area contributed by atoms with Crippen LogP contribution in [0.1, 0.15) is 31.9 Å². The van der Waals surface area contributed by atoms with Gasteiger partial charge in [0.1, 0.15) is 18.0 Å². The van der Waals surface area contributed by atoms with Gasteiger partial charge >= 0.3 is 6.09 Å². The van der Waals surface area contributed by atoms with E-state index in [9.17, 15) is 14.7 Å². The molecule has 0 bridgehead atoms. The Kier molecular flexibility index (Phi) is 9.15. The van der Waals surface area contributed by atoms with Crippen LogP contribution < -0.4 is 15.1 Å². The molecule has 2 N–H and O–H groups in total. The number of nitrogens with zero attached hydrogens (tertiary/aromatic N) is 6. The van der Waals surface area contributed by atoms with Crippen molar-refractivity contribution in [3.05, 3.63) is 66.1 Å². The molecule has 1 aliphatic rings. The Hall–Kier alpha value is -4.25. The van der Waals surface area contributed by atoms with Gasteiger partial charge in [-0.1, -0.05) is 24.3 Å². The maximum absolute atomic E-state index is 12.5. The molecule has 11 heteroatoms. The zero-order chi connectivity index (χ0) is 28.7. The minimum atomic E-state index is -0.623. The van der Waals surface area contributed by atoms with E-state index in [4.69, 9.17) is 4.74 Å². The predicted octanol–water partition coefficient (Wildman–Crippen LogP) is 2.84. The van der Waals surface area contributed by atoms with Crippen molar-refractivity contribution in [2.75, 3.05) is 49.6 Å². The number of benzene rings is 1. The summed E-state index contributed by atoms with van der Waals surface area (Å²) in [5.74, 6) is 1.28. The Balaban J connectivity index is 1.32. The number of ether oxygens (including phenoxy) is 1. The SMILES string of the molecule is CN(Cc1cccc(-c2cnc(N3CCN(c4ncccc4CO)CC3)nc2)c1)C(=O)CNC(=O)OC(C)(C)C. The number of amides is 2. The molecule has 0 spiro atoms. The van der Waals surface area contributed by atoms with E-state index in [0.717, 1.165) is 54.3 Å². The Morgan fingerprint density at radius 1 is 1.00 bits per heavy atom. The van der Waals surface area contributed by atoms with E-state index in [1.54, 1.807) is 38.9 Å². The molecule has 1 aromatic carbocycles. The molecule has 0 radical (unpaired) electrons. The van der Waals surface area contributed by atoms with Gasteiger partial charge < -0.3 is 29.9 Å². The second-order valence-corrected chi connectivity index (χ2v) is 10.7. The number of pyridine rings is 1. The lowest BCUT2D eigenvalue weighted by Crippen LogP contribution is -2.47. The summed E-state index contributed by atoms with van der Waals surface area (Å²) in [5.41, 5.74) is 2.98. The third-order valence-electron chi connectivity index (χ3n) is 6.43. The maximum Gasteiger partial charge on any atom is 0.408 e. The van der Waals surface area contributed by atoms with E-state index in [2.05, 4.69) is 30.1 Å². The monoisotopic (exact) mass is 547 g/mol. The largest absolute Gasteiger partial charge is 0.444 e. The van der Waals surface area contributed by atoms with Gasteiger partial charge in [0.25, 0.3) is 0 Å². The van der Waals surface area contributed by atoms with Gasteiger partial charge in [-0.3, -0.25) is 4.79 Å². The first kappa shape index (κ1) is 28.8. The summed E-state index contributed by atoms with van der Waals surface area (Å²) in [6.45, 7) is 8.54. The highest BCUT2D eigenvalue weighted by molar-refractivity contribution is 5.82. The first-order valence-corrected chi connectivity index (χ1v) is 13.3. The standard InChI is InChI=1S/C29H37N7O4/c1-29(2,3)40-28(39)33-18-25(38)34(4)19-21-7-5-8-22(15-21)24-16-31-27(32-17-24)36-13-11-35(12-14-36)26-23(20-37)9-6-10-30-26/h5-10,15-17,37H,11-14,18-20H2,1-4H3,(H,33,39). The lowest BCUT2D eigenvalue weighted by molar-refractivity contribution is -0.129. The Morgan fingerprint density at radius 3 is 2.38 bits per heavy atom. The van der Waals surface area contributed by atoms with Gasteiger partial charge in [-0.15, -0.1) is 0 Å². The summed E-state index contributed by atoms with van der Waals surface area (Å²) in [6.07, 6.45) is 4.76. The zero-order valence-corrected chi connectivity index (χ0v) is 23.5. The van der Waals surface area contributed by atoms with Gasteiger partial charge in [0.15, 0.2) is 0 Å². The van der Waals surface area contributed by atoms with Crippen LogP contribution in [0, 0.1) is 0 Å². The number of aromatic nitrogens is 3. The first-order valence-electron chi connectivity index (χ1n) is 13.3. The minimum Gasteiger partial charge on any atom is -0.444 e. The van der Waals surface area contributed by atoms with Crippen molar-refractivity contribution in [3.63, 3.8) is 0 Å². The number of rotatable bonds is 8. The van der Waals surface area contributed by atoms with Crippen LogP contribution in [0.15, 0.2) is 55.0 Å². The number of carbonyl (C=O) groups is 2. The van der Waals surface area contributed by atoms with Gasteiger partial charge in [-0.2, -0.15) is 0 Å². The molecule has 212 valence electrons. The molecular formula is C29H37N7O4. The number of piperazine rings is 1. The summed E-state index contributed by atoms with van der Waals surface area (Å²) >= 11 is 0. The summed E-state index contributed by atoms with van der Waals surface area (Å²) < 4.78 is 5.18. The number of aliphatic hydroxyl groups is 1. The summed E-state index contributed by atoms with van der Waals surface area (Å²) in [5, 5.41) is 12.1. The van der Waals surface area contributed by atoms with E-state index < -0.39 is 11.7 Å². The van der Waals surface area contributed by atoms with Crippen LogP contribution >= 0.6 is 0 Å². The van der Waals surface area contributed by atoms with Gasteiger partial charge in [-0.05, 0) is 44.0 Å². The summed E-state index contributed by atoms with van der Waals surface area (Å²) in [7, 11) is 1.70. The molecule has 4 rings (SSSR count). The van der Waals surface area contributed by atoms with Crippen LogP contribution in [0.25, 0.3) is 11.1 Å². The minimum absolute atomic E-state index is 0.0347. The smallest absolute Gasteiger partial charge is 0.408 e. The topological polar surface area (TPSA) is 124 Å². The average molecular weight is 548 g/mol. The third-order valence-corrected chi connectivity index (χ3v) is 6.43. The summed E-state index contributed by atoms with van der Waals surface area (Å²) in [4.78, 5) is 43.9. The third kappa shape index (κ3) is 7.66. The summed E-state index contributed by atoms with van der Waals surface area (Å²) in [6, 6.07) is 11.6. The van der Waals surface area contributed by atoms with Crippen LogP contribution in [0.4, 0.5) is 16.6 Å². The number of hydrogen-bond donors (Lipinski definition) is 2. The second-order valence-electron chi connectivity index (χ2n) is 10.7. The molecule has 1 saturated heterocycles. The van der Waals surface area contributed by atoms with Crippen molar-refractivity contribution in [2.24, 2.45) is 0 Å². The first-order chi connectivity index (χ1) is 19.1. The van der Waals surface area contributed by atoms with Crippen LogP contribution in [0.5, 0.6) is 0 Å². The number of alkyl carbamates (subject to hydrolysis) is 1. The molecule has 1 aliphatic heterocycles. The van der Waals surface area contributed by atoms with E-state index in [0.29, 0.717) is 12.5 Å². The molecule has 3 heterocycles. The predicted molar refractivity (Wildman–Crippen MR) is 153 cm³/mol. The maximum atomic E-state index is 12.5. The number of hydrogen-bond acceptors (Lipinski definition) is 9. The Morgan fingerprint density at radius 2 is 1.70 bits per heavy atom. The van der Waals surface area contributed by atoms with Crippen LogP contribution in [0.3, 0.4) is 0 Å². The highest BCUT2D eigenvalue weighted by atomic mass is 16.6. The zero-order valence-electron chi connectivity index (χ0n) is 23.5. The number of carbonyl (C=O) groups excluding carboxylic acids is 2. The number of anilines is 2. The van der Waals surface area contributed by atoms with Crippen LogP contribution in [-0.4, -0.2) is 82.3 Å². The van der Waals surface area contributed by atoms with Crippen molar-refractivity contribution < 1.29 is 19.4 Å². The fraction of sp³-hybridized carbons (Fsp3) is 0.414. The van der Waals surface area contributed by atoms with E-state index in [-0.39, 0.29) is 19.1 Å². The fourth-order valence-electron chi connectivity index (χ4n) is 4.40. The molecule has 11 nitrogen and oxygen atoms in total. The van der Waals surface area contributed by atoms with Crippen molar-refractivity contribution in [3.8, 4) is 11.1 Å². The van der Waals surface area contributed by atoms with Gasteiger partial charge in [0, 0.05) is 69.5 Å². The highest BCUT2D eigenvalue weighted by Crippen LogP contribution is 2.23. The molecule has 0 aliphatic carbocycles. The van der Waals surface area contributed by atoms with Crippen molar-refractivity contribution >= 4 is 23.8 Å². The van der Waals surface area contributed by atoms with Gasteiger partial charge in [-0.25, -0.2) is 19.7 Å². The molecule has 0 unspecified atom stereocenters. The van der Waals surface area contributed by atoms with Crippen molar-refractivity contribution in [2.45, 2.75) is 39.5 Å². The normalized spacial score (nSPS) is 13.6.